The molecule has 0 N–H and O–H groups in total. The van der Waals surface area contributed by atoms with Gasteiger partial charge in [-0.05, 0) is 13.8 Å². The van der Waals surface area contributed by atoms with Gasteiger partial charge in [0, 0.05) is 8.01 Å². The highest BCUT2D eigenvalue weighted by Gasteiger charge is 2.13. The number of rotatable bonds is 2. The molecule has 0 aromatic carbocycles. The zero-order valence-electron chi connectivity index (χ0n) is 5.93. The van der Waals surface area contributed by atoms with Crippen LogP contribution in [0.3, 0.4) is 0 Å². The molecule has 0 aliphatic carbocycles. The molecule has 0 aromatic heterocycles. The highest BCUT2D eigenvalue weighted by Crippen LogP contribution is 2.44. The molecule has 0 fully saturated rings. The van der Waals surface area contributed by atoms with Gasteiger partial charge in [-0.25, -0.2) is 0 Å². The molecule has 0 radical (unpaired) electrons. The molecule has 8 heavy (non-hydrogen) atoms. The summed E-state index contributed by atoms with van der Waals surface area (Å²) in [4.78, 5) is 0. The minimum Gasteiger partial charge on any atom is -0.303 e. The summed E-state index contributed by atoms with van der Waals surface area (Å²) >= 11 is 0. The summed E-state index contributed by atoms with van der Waals surface area (Å²) in [7, 11) is -4.06. The lowest BCUT2D eigenvalue weighted by atomic mass is 10.5. The van der Waals surface area contributed by atoms with E-state index < -0.39 is 20.4 Å². The summed E-state index contributed by atoms with van der Waals surface area (Å²) in [5.41, 5.74) is 0. The van der Waals surface area contributed by atoms with E-state index in [1.54, 1.807) is 13.8 Å². The highest BCUT2D eigenvalue weighted by atomic mass is 31.2. The first-order chi connectivity index (χ1) is 3.98. The third-order valence-electron chi connectivity index (χ3n) is 0.368. The molecule has 4 heteroatoms. The van der Waals surface area contributed by atoms with Crippen molar-refractivity contribution in [3.63, 3.8) is 0 Å². The predicted molar refractivity (Wildman–Crippen MR) is 30.9 cm³/mol. The first-order valence-electron chi connectivity index (χ1n) is 2.95. The molecule has 0 bridgehead atoms. The van der Waals surface area contributed by atoms with Gasteiger partial charge in [-0.2, -0.15) is 4.20 Å². The largest absolute Gasteiger partial charge is 0.364 e. The zero-order chi connectivity index (χ0) is 7.49. The van der Waals surface area contributed by atoms with Crippen LogP contribution in [0.25, 0.3) is 0 Å². The second-order valence-corrected chi connectivity index (χ2v) is 3.14. The van der Waals surface area contributed by atoms with Crippen molar-refractivity contribution < 1.29 is 14.7 Å². The topological polar surface area (TPSA) is 26.3 Å². The van der Waals surface area contributed by atoms with Crippen LogP contribution in [0, 0.1) is 0 Å². The molecule has 0 amide bonds. The van der Waals surface area contributed by atoms with Gasteiger partial charge in [-0.1, -0.05) is 0 Å². The molecule has 50 valence electrons. The molecule has 1 atom stereocenters. The maximum Gasteiger partial charge on any atom is 0.364 e. The van der Waals surface area contributed by atoms with Gasteiger partial charge in [0.15, 0.2) is 0 Å². The minimum atomic E-state index is -4.06. The first kappa shape index (κ1) is 6.24. The van der Waals surface area contributed by atoms with E-state index in [0.717, 1.165) is 0 Å². The molecule has 1 unspecified atom stereocenters. The maximum absolute atomic E-state index is 12.2. The lowest BCUT2D eigenvalue weighted by molar-refractivity contribution is 0.227. The summed E-state index contributed by atoms with van der Waals surface area (Å²) < 4.78 is 33.3. The summed E-state index contributed by atoms with van der Waals surface area (Å²) in [5, 5.41) is 0. The molecule has 0 heterocycles. The Bertz CT molecular complexity index is 128. The van der Waals surface area contributed by atoms with E-state index in [-0.39, 0.29) is 0 Å². The normalized spacial score (nSPS) is 20.2. The Morgan fingerprint density at radius 2 is 2.38 bits per heavy atom. The third kappa shape index (κ3) is 6.12. The average Bonchev–Trinajstić information content (AvgIpc) is 1.63. The summed E-state index contributed by atoms with van der Waals surface area (Å²) in [6.45, 7) is 2.36. The van der Waals surface area contributed by atoms with Crippen LogP contribution < -0.4 is 0 Å². The fourth-order valence-electron chi connectivity index (χ4n) is 0.315. The second-order valence-electron chi connectivity index (χ2n) is 1.74. The molecule has 0 aromatic rings. The number of halogens is 1. The number of hydrogen-bond acceptors (Lipinski definition) is 2. The SMILES string of the molecule is [2H]CP(=O)(F)OC(C)C. The summed E-state index contributed by atoms with van der Waals surface area (Å²) in [6.07, 6.45) is -0.411. The smallest absolute Gasteiger partial charge is 0.303 e. The molecular formula is C4H10FO2P. The van der Waals surface area contributed by atoms with Crippen molar-refractivity contribution in [3.8, 4) is 0 Å². The third-order valence-corrected chi connectivity index (χ3v) is 1.10. The highest BCUT2D eigenvalue weighted by molar-refractivity contribution is 7.52. The lowest BCUT2D eigenvalue weighted by Gasteiger charge is -2.06. The Morgan fingerprint density at radius 3 is 2.50 bits per heavy atom. The van der Waals surface area contributed by atoms with Gasteiger partial charge < -0.3 is 4.52 Å². The van der Waals surface area contributed by atoms with E-state index >= 15 is 0 Å². The predicted octanol–water partition coefficient (Wildman–Crippen LogP) is 2.20. The van der Waals surface area contributed by atoms with Gasteiger partial charge >= 0.3 is 7.68 Å². The van der Waals surface area contributed by atoms with Gasteiger partial charge in [0.25, 0.3) is 0 Å². The quantitative estimate of drug-likeness (QED) is 0.551. The van der Waals surface area contributed by atoms with Crippen molar-refractivity contribution in [1.29, 1.82) is 0 Å². The van der Waals surface area contributed by atoms with Gasteiger partial charge in [0.2, 0.25) is 0 Å². The van der Waals surface area contributed by atoms with Gasteiger partial charge in [0.05, 0.1) is 6.10 Å². The van der Waals surface area contributed by atoms with E-state index in [2.05, 4.69) is 4.52 Å². The summed E-state index contributed by atoms with van der Waals surface area (Å²) in [5.74, 6) is 0. The van der Waals surface area contributed by atoms with Crippen LogP contribution in [-0.4, -0.2) is 12.7 Å². The molecule has 0 aliphatic heterocycles. The van der Waals surface area contributed by atoms with Crippen LogP contribution >= 0.6 is 7.68 Å². The van der Waals surface area contributed by atoms with E-state index in [4.69, 9.17) is 1.37 Å². The van der Waals surface area contributed by atoms with Crippen LogP contribution in [0.5, 0.6) is 0 Å². The second kappa shape index (κ2) is 2.60. The molecular weight excluding hydrogens is 130 g/mol. The monoisotopic (exact) mass is 141 g/mol. The van der Waals surface area contributed by atoms with Crippen molar-refractivity contribution in [2.45, 2.75) is 20.0 Å². The Hall–Kier alpha value is 0.120. The minimum absolute atomic E-state index is 0.411. The van der Waals surface area contributed by atoms with Crippen molar-refractivity contribution >= 4 is 7.68 Å². The van der Waals surface area contributed by atoms with E-state index in [1.807, 2.05) is 0 Å². The Morgan fingerprint density at radius 1 is 1.88 bits per heavy atom. The van der Waals surface area contributed by atoms with Gasteiger partial charge in [0.1, 0.15) is 0 Å². The zero-order valence-corrected chi connectivity index (χ0v) is 5.82. The van der Waals surface area contributed by atoms with Crippen molar-refractivity contribution in [2.24, 2.45) is 0 Å². The first-order valence-corrected chi connectivity index (χ1v) is 3.94. The molecule has 2 nitrogen and oxygen atoms in total. The van der Waals surface area contributed by atoms with E-state index in [9.17, 15) is 8.76 Å². The van der Waals surface area contributed by atoms with Gasteiger partial charge in [-0.15, -0.1) is 0 Å². The average molecular weight is 141 g/mol. The van der Waals surface area contributed by atoms with E-state index in [0.29, 0.717) is 0 Å². The Kier molecular flexibility index (Phi) is 2.03. The Labute approximate surface area is 50.0 Å². The van der Waals surface area contributed by atoms with Crippen LogP contribution in [0.15, 0.2) is 0 Å². The lowest BCUT2D eigenvalue weighted by Crippen LogP contribution is -1.96. The molecule has 0 aliphatic rings. The van der Waals surface area contributed by atoms with Crippen molar-refractivity contribution in [3.05, 3.63) is 0 Å². The molecule has 0 spiro atoms. The fraction of sp³-hybridized carbons (Fsp3) is 1.00. The Balaban J connectivity index is 3.73. The van der Waals surface area contributed by atoms with Crippen molar-refractivity contribution in [1.82, 2.24) is 0 Å². The number of hydrogen-bond donors (Lipinski definition) is 0. The summed E-state index contributed by atoms with van der Waals surface area (Å²) in [6, 6.07) is 0. The standard InChI is InChI=1S/C4H10FO2P/c1-4(2)7-8(3,5)6/h4H,1-3H3/i3D. The van der Waals surface area contributed by atoms with Crippen LogP contribution in [0.2, 0.25) is 0 Å². The van der Waals surface area contributed by atoms with Crippen LogP contribution in [0.1, 0.15) is 15.2 Å². The van der Waals surface area contributed by atoms with Crippen molar-refractivity contribution in [2.75, 3.05) is 6.64 Å². The molecule has 0 saturated heterocycles. The van der Waals surface area contributed by atoms with Crippen LogP contribution in [-0.2, 0) is 9.09 Å². The van der Waals surface area contributed by atoms with Crippen LogP contribution in [0.4, 0.5) is 4.20 Å². The maximum atomic E-state index is 12.2. The fourth-order valence-corrected chi connectivity index (χ4v) is 0.944. The molecule has 0 saturated carbocycles. The van der Waals surface area contributed by atoms with E-state index in [1.165, 1.54) is 0 Å². The van der Waals surface area contributed by atoms with Gasteiger partial charge in [-0.3, -0.25) is 4.57 Å². The molecule has 0 rings (SSSR count).